The molecule has 0 saturated carbocycles. The lowest BCUT2D eigenvalue weighted by Crippen LogP contribution is -1.90. The van der Waals surface area contributed by atoms with Gasteiger partial charge in [0, 0.05) is 14.0 Å². The molecule has 3 nitrogen and oxygen atoms in total. The van der Waals surface area contributed by atoms with Crippen LogP contribution in [0.3, 0.4) is 0 Å². The van der Waals surface area contributed by atoms with Crippen molar-refractivity contribution in [3.05, 3.63) is 43.4 Å². The van der Waals surface area contributed by atoms with Gasteiger partial charge in [-0.15, -0.1) is 11.3 Å². The number of rotatable bonds is 3. The average molecular weight is 378 g/mol. The highest BCUT2D eigenvalue weighted by Crippen LogP contribution is 2.16. The zero-order chi connectivity index (χ0) is 12.3. The summed E-state index contributed by atoms with van der Waals surface area (Å²) in [6.45, 7) is 1.95. The van der Waals surface area contributed by atoms with Crippen LogP contribution >= 0.6 is 45.5 Å². The van der Waals surface area contributed by atoms with E-state index in [-0.39, 0.29) is 0 Å². The molecule has 1 heterocycles. The first-order chi connectivity index (χ1) is 8.13. The van der Waals surface area contributed by atoms with Gasteiger partial charge in [-0.3, -0.25) is 5.43 Å². The quantitative estimate of drug-likeness (QED) is 0.495. The van der Waals surface area contributed by atoms with Gasteiger partial charge in [0.1, 0.15) is 0 Å². The molecular weight excluding hydrogens is 369 g/mol. The maximum Gasteiger partial charge on any atom is 0.203 e. The fraction of sp³-hybridized carbons (Fsp3) is 0.0909. The molecular formula is C11H9ClIN3S. The van der Waals surface area contributed by atoms with Crippen molar-refractivity contribution in [3.8, 4) is 0 Å². The summed E-state index contributed by atoms with van der Waals surface area (Å²) in [5, 5.41) is 7.59. The molecule has 2 rings (SSSR count). The number of benzene rings is 1. The van der Waals surface area contributed by atoms with Crippen LogP contribution in [0.4, 0.5) is 5.13 Å². The second kappa shape index (κ2) is 5.79. The van der Waals surface area contributed by atoms with Crippen LogP contribution in [0, 0.1) is 10.5 Å². The third-order valence-corrected chi connectivity index (χ3v) is 3.58. The fourth-order valence-corrected chi connectivity index (χ4v) is 2.98. The molecule has 0 aliphatic heterocycles. The SMILES string of the molecule is Cc1csc(NN=Cc2cc(Cl)cc(I)c2)n1. The highest BCUT2D eigenvalue weighted by Gasteiger charge is 1.96. The summed E-state index contributed by atoms with van der Waals surface area (Å²) in [6, 6.07) is 5.77. The van der Waals surface area contributed by atoms with Crippen molar-refractivity contribution in [1.82, 2.24) is 4.98 Å². The van der Waals surface area contributed by atoms with E-state index in [1.54, 1.807) is 6.21 Å². The van der Waals surface area contributed by atoms with E-state index in [0.717, 1.165) is 20.0 Å². The largest absolute Gasteiger partial charge is 0.253 e. The van der Waals surface area contributed by atoms with E-state index < -0.39 is 0 Å². The van der Waals surface area contributed by atoms with Crippen molar-refractivity contribution in [2.45, 2.75) is 6.92 Å². The smallest absolute Gasteiger partial charge is 0.203 e. The maximum absolute atomic E-state index is 5.95. The number of nitrogens with zero attached hydrogens (tertiary/aromatic N) is 2. The predicted molar refractivity (Wildman–Crippen MR) is 82.2 cm³/mol. The van der Waals surface area contributed by atoms with E-state index >= 15 is 0 Å². The highest BCUT2D eigenvalue weighted by atomic mass is 127. The highest BCUT2D eigenvalue weighted by molar-refractivity contribution is 14.1. The Labute approximate surface area is 122 Å². The minimum absolute atomic E-state index is 0.712. The van der Waals surface area contributed by atoms with Crippen LogP contribution in [-0.4, -0.2) is 11.2 Å². The molecule has 88 valence electrons. The normalized spacial score (nSPS) is 11.0. The summed E-state index contributed by atoms with van der Waals surface area (Å²) in [4.78, 5) is 4.24. The molecule has 0 radical (unpaired) electrons. The van der Waals surface area contributed by atoms with Gasteiger partial charge < -0.3 is 0 Å². The summed E-state index contributed by atoms with van der Waals surface area (Å²) >= 11 is 9.70. The molecule has 1 aromatic carbocycles. The first kappa shape index (κ1) is 12.8. The molecule has 0 spiro atoms. The van der Waals surface area contributed by atoms with Crippen LogP contribution < -0.4 is 5.43 Å². The summed E-state index contributed by atoms with van der Waals surface area (Å²) in [5.74, 6) is 0. The molecule has 6 heteroatoms. The van der Waals surface area contributed by atoms with Crippen molar-refractivity contribution < 1.29 is 0 Å². The zero-order valence-corrected chi connectivity index (χ0v) is 12.7. The second-order valence-corrected chi connectivity index (χ2v) is 5.91. The number of hydrogen-bond acceptors (Lipinski definition) is 4. The first-order valence-corrected chi connectivity index (χ1v) is 7.14. The second-order valence-electron chi connectivity index (χ2n) is 3.37. The number of aryl methyl sites for hydroxylation is 1. The molecule has 0 atom stereocenters. The van der Waals surface area contributed by atoms with Gasteiger partial charge in [0.05, 0.1) is 11.9 Å². The number of hydrogen-bond donors (Lipinski definition) is 1. The zero-order valence-electron chi connectivity index (χ0n) is 8.95. The summed E-state index contributed by atoms with van der Waals surface area (Å²) < 4.78 is 1.08. The Morgan fingerprint density at radius 2 is 2.29 bits per heavy atom. The molecule has 0 amide bonds. The Morgan fingerprint density at radius 3 is 2.94 bits per heavy atom. The van der Waals surface area contributed by atoms with Gasteiger partial charge in [0.15, 0.2) is 0 Å². The van der Waals surface area contributed by atoms with Crippen LogP contribution in [0.1, 0.15) is 11.3 Å². The molecule has 1 aromatic heterocycles. The topological polar surface area (TPSA) is 37.3 Å². The molecule has 1 N–H and O–H groups in total. The Hall–Kier alpha value is -0.660. The first-order valence-electron chi connectivity index (χ1n) is 4.81. The molecule has 0 saturated heterocycles. The summed E-state index contributed by atoms with van der Waals surface area (Å²) in [6.07, 6.45) is 1.73. The Bertz CT molecular complexity index is 533. The van der Waals surface area contributed by atoms with Crippen LogP contribution in [0.15, 0.2) is 28.7 Å². The van der Waals surface area contributed by atoms with Crippen molar-refractivity contribution in [2.75, 3.05) is 5.43 Å². The molecule has 0 unspecified atom stereocenters. The minimum Gasteiger partial charge on any atom is -0.253 e. The third kappa shape index (κ3) is 3.93. The summed E-state index contributed by atoms with van der Waals surface area (Å²) in [5.41, 5.74) is 4.84. The fourth-order valence-electron chi connectivity index (χ4n) is 1.22. The predicted octanol–water partition coefficient (Wildman–Crippen LogP) is 4.16. The number of aromatic nitrogens is 1. The van der Waals surface area contributed by atoms with Gasteiger partial charge in [-0.2, -0.15) is 5.10 Å². The van der Waals surface area contributed by atoms with Gasteiger partial charge in [-0.05, 0) is 53.3 Å². The average Bonchev–Trinajstić information content (AvgIpc) is 2.63. The van der Waals surface area contributed by atoms with Crippen LogP contribution in [0.5, 0.6) is 0 Å². The summed E-state index contributed by atoms with van der Waals surface area (Å²) in [7, 11) is 0. The van der Waals surface area contributed by atoms with Crippen molar-refractivity contribution in [3.63, 3.8) is 0 Å². The van der Waals surface area contributed by atoms with Crippen molar-refractivity contribution in [2.24, 2.45) is 5.10 Å². The molecule has 17 heavy (non-hydrogen) atoms. The Kier molecular flexibility index (Phi) is 4.36. The van der Waals surface area contributed by atoms with E-state index in [9.17, 15) is 0 Å². The lowest BCUT2D eigenvalue weighted by Gasteiger charge is -1.97. The van der Waals surface area contributed by atoms with E-state index in [2.05, 4.69) is 38.1 Å². The van der Waals surface area contributed by atoms with Crippen molar-refractivity contribution in [1.29, 1.82) is 0 Å². The third-order valence-electron chi connectivity index (χ3n) is 1.88. The van der Waals surface area contributed by atoms with E-state index in [4.69, 9.17) is 11.6 Å². The number of thiazole rings is 1. The maximum atomic E-state index is 5.95. The number of hydrazone groups is 1. The van der Waals surface area contributed by atoms with Crippen LogP contribution in [-0.2, 0) is 0 Å². The van der Waals surface area contributed by atoms with E-state index in [1.807, 2.05) is 30.5 Å². The van der Waals surface area contributed by atoms with Crippen molar-refractivity contribution >= 4 is 56.9 Å². The van der Waals surface area contributed by atoms with Gasteiger partial charge in [-0.25, -0.2) is 4.98 Å². The van der Waals surface area contributed by atoms with Gasteiger partial charge >= 0.3 is 0 Å². The molecule has 2 aromatic rings. The van der Waals surface area contributed by atoms with E-state index in [0.29, 0.717) is 5.02 Å². The molecule has 0 aliphatic carbocycles. The number of halogens is 2. The molecule has 0 fully saturated rings. The Morgan fingerprint density at radius 1 is 1.47 bits per heavy atom. The van der Waals surface area contributed by atoms with Gasteiger partial charge in [-0.1, -0.05) is 11.6 Å². The van der Waals surface area contributed by atoms with Crippen LogP contribution in [0.2, 0.25) is 5.02 Å². The Balaban J connectivity index is 2.05. The lowest BCUT2D eigenvalue weighted by atomic mass is 10.2. The standard InChI is InChI=1S/C11H9ClIN3S/c1-7-6-17-11(15-7)16-14-5-8-2-9(12)4-10(13)3-8/h2-6H,1H3,(H,15,16). The number of anilines is 1. The van der Waals surface area contributed by atoms with Gasteiger partial charge in [0.25, 0.3) is 0 Å². The molecule has 0 bridgehead atoms. The molecule has 0 aliphatic rings. The minimum atomic E-state index is 0.712. The van der Waals surface area contributed by atoms with Gasteiger partial charge in [0.2, 0.25) is 5.13 Å². The lowest BCUT2D eigenvalue weighted by molar-refractivity contribution is 1.22. The monoisotopic (exact) mass is 377 g/mol. The number of nitrogens with one attached hydrogen (secondary N) is 1. The van der Waals surface area contributed by atoms with Crippen LogP contribution in [0.25, 0.3) is 0 Å². The van der Waals surface area contributed by atoms with E-state index in [1.165, 1.54) is 11.3 Å².